The molecular weight excluding hydrogens is 316 g/mol. The Morgan fingerprint density at radius 1 is 1.35 bits per heavy atom. The quantitative estimate of drug-likeness (QED) is 0.717. The monoisotopic (exact) mass is 338 g/mol. The summed E-state index contributed by atoms with van der Waals surface area (Å²) in [5, 5.41) is 11.9. The lowest BCUT2D eigenvalue weighted by Gasteiger charge is -2.16. The summed E-state index contributed by atoms with van der Waals surface area (Å²) < 4.78 is 7.01. The molecule has 1 aromatic rings. The van der Waals surface area contributed by atoms with Gasteiger partial charge >= 0.3 is 0 Å². The van der Waals surface area contributed by atoms with E-state index in [4.69, 9.17) is 10.00 Å². The van der Waals surface area contributed by atoms with Gasteiger partial charge in [0.05, 0.1) is 12.7 Å². The summed E-state index contributed by atoms with van der Waals surface area (Å²) in [5.41, 5.74) is 2.31. The second-order valence-corrected chi connectivity index (χ2v) is 6.13. The Kier molecular flexibility index (Phi) is 7.64. The zero-order valence-corrected chi connectivity index (χ0v) is 14.1. The zero-order valence-electron chi connectivity index (χ0n) is 12.5. The molecule has 0 amide bonds. The second-order valence-electron chi connectivity index (χ2n) is 5.21. The minimum absolute atomic E-state index is 0.442. The van der Waals surface area contributed by atoms with Crippen molar-refractivity contribution in [2.45, 2.75) is 52.6 Å². The molecule has 0 heterocycles. The average Bonchev–Trinajstić information content (AvgIpc) is 2.38. The molecule has 110 valence electrons. The van der Waals surface area contributed by atoms with Gasteiger partial charge in [0.2, 0.25) is 0 Å². The minimum atomic E-state index is 0.442. The molecule has 0 saturated carbocycles. The lowest BCUT2D eigenvalue weighted by atomic mass is 10.1. The summed E-state index contributed by atoms with van der Waals surface area (Å²) in [6.45, 7) is 7.79. The third kappa shape index (κ3) is 5.94. The Balaban J connectivity index is 2.69. The van der Waals surface area contributed by atoms with Gasteiger partial charge in [-0.3, -0.25) is 0 Å². The Morgan fingerprint density at radius 3 is 2.75 bits per heavy atom. The molecule has 1 rings (SSSR count). The van der Waals surface area contributed by atoms with Crippen LogP contribution in [0.2, 0.25) is 0 Å². The van der Waals surface area contributed by atoms with Crippen molar-refractivity contribution in [1.29, 1.82) is 5.26 Å². The predicted octanol–water partition coefficient (Wildman–Crippen LogP) is 4.33. The minimum Gasteiger partial charge on any atom is -0.493 e. The SMILES string of the molecule is Cc1cc(Br)cc(CNC(C)C)c1OCCCCC#N. The van der Waals surface area contributed by atoms with Gasteiger partial charge in [-0.1, -0.05) is 29.8 Å². The van der Waals surface area contributed by atoms with Crippen LogP contribution >= 0.6 is 15.9 Å². The largest absolute Gasteiger partial charge is 0.493 e. The summed E-state index contributed by atoms with van der Waals surface area (Å²) in [6, 6.07) is 6.78. The third-order valence-electron chi connectivity index (χ3n) is 2.95. The highest BCUT2D eigenvalue weighted by Gasteiger charge is 2.09. The van der Waals surface area contributed by atoms with Gasteiger partial charge in [0.25, 0.3) is 0 Å². The summed E-state index contributed by atoms with van der Waals surface area (Å²) in [4.78, 5) is 0. The van der Waals surface area contributed by atoms with E-state index < -0.39 is 0 Å². The Morgan fingerprint density at radius 2 is 2.10 bits per heavy atom. The number of nitriles is 1. The van der Waals surface area contributed by atoms with Crippen molar-refractivity contribution < 1.29 is 4.74 Å². The van der Waals surface area contributed by atoms with E-state index in [1.807, 2.05) is 0 Å². The molecular formula is C16H23BrN2O. The maximum absolute atomic E-state index is 8.52. The smallest absolute Gasteiger partial charge is 0.126 e. The molecule has 20 heavy (non-hydrogen) atoms. The van der Waals surface area contributed by atoms with Crippen LogP contribution in [0.1, 0.15) is 44.2 Å². The van der Waals surface area contributed by atoms with E-state index >= 15 is 0 Å². The molecule has 4 heteroatoms. The Labute approximate surface area is 130 Å². The fourth-order valence-corrected chi connectivity index (χ4v) is 2.55. The number of halogens is 1. The van der Waals surface area contributed by atoms with Gasteiger partial charge in [-0.2, -0.15) is 5.26 Å². The van der Waals surface area contributed by atoms with Crippen LogP contribution in [-0.2, 0) is 6.54 Å². The summed E-state index contributed by atoms with van der Waals surface area (Å²) in [5.74, 6) is 0.971. The van der Waals surface area contributed by atoms with Gasteiger partial charge in [-0.25, -0.2) is 0 Å². The first-order valence-electron chi connectivity index (χ1n) is 7.06. The average molecular weight is 339 g/mol. The highest BCUT2D eigenvalue weighted by Crippen LogP contribution is 2.28. The van der Waals surface area contributed by atoms with Crippen molar-refractivity contribution in [3.05, 3.63) is 27.7 Å². The van der Waals surface area contributed by atoms with Gasteiger partial charge in [0.15, 0.2) is 0 Å². The van der Waals surface area contributed by atoms with E-state index in [-0.39, 0.29) is 0 Å². The summed E-state index contributed by atoms with van der Waals surface area (Å²) in [6.07, 6.45) is 2.41. The van der Waals surface area contributed by atoms with Crippen LogP contribution in [-0.4, -0.2) is 12.6 Å². The van der Waals surface area contributed by atoms with Crippen LogP contribution in [0.25, 0.3) is 0 Å². The molecule has 3 nitrogen and oxygen atoms in total. The molecule has 0 aliphatic rings. The first-order chi connectivity index (χ1) is 9.54. The first kappa shape index (κ1) is 17.0. The fraction of sp³-hybridized carbons (Fsp3) is 0.562. The molecule has 0 saturated heterocycles. The molecule has 1 N–H and O–H groups in total. The summed E-state index contributed by atoms with van der Waals surface area (Å²) in [7, 11) is 0. The topological polar surface area (TPSA) is 45.0 Å². The van der Waals surface area contributed by atoms with Crippen molar-refractivity contribution >= 4 is 15.9 Å². The van der Waals surface area contributed by atoms with Gasteiger partial charge in [0, 0.05) is 29.0 Å². The second kappa shape index (κ2) is 8.99. The van der Waals surface area contributed by atoms with Crippen LogP contribution in [0, 0.1) is 18.3 Å². The van der Waals surface area contributed by atoms with Crippen molar-refractivity contribution in [2.75, 3.05) is 6.61 Å². The number of aryl methyl sites for hydroxylation is 1. The van der Waals surface area contributed by atoms with Gasteiger partial charge in [0.1, 0.15) is 5.75 Å². The lowest BCUT2D eigenvalue weighted by Crippen LogP contribution is -2.22. The van der Waals surface area contributed by atoms with Crippen molar-refractivity contribution in [2.24, 2.45) is 0 Å². The highest BCUT2D eigenvalue weighted by molar-refractivity contribution is 9.10. The molecule has 0 fully saturated rings. The molecule has 0 unspecified atom stereocenters. The predicted molar refractivity (Wildman–Crippen MR) is 85.8 cm³/mol. The zero-order chi connectivity index (χ0) is 15.0. The first-order valence-corrected chi connectivity index (χ1v) is 7.86. The van der Waals surface area contributed by atoms with Crippen LogP contribution in [0.3, 0.4) is 0 Å². The molecule has 0 aliphatic heterocycles. The van der Waals surface area contributed by atoms with E-state index in [0.29, 0.717) is 19.1 Å². The lowest BCUT2D eigenvalue weighted by molar-refractivity contribution is 0.301. The molecule has 0 bridgehead atoms. The van der Waals surface area contributed by atoms with Crippen LogP contribution in [0.5, 0.6) is 5.75 Å². The Hall–Kier alpha value is -1.05. The number of benzene rings is 1. The van der Waals surface area contributed by atoms with Gasteiger partial charge in [-0.05, 0) is 37.5 Å². The van der Waals surface area contributed by atoms with Gasteiger partial charge < -0.3 is 10.1 Å². The van der Waals surface area contributed by atoms with Crippen LogP contribution < -0.4 is 10.1 Å². The van der Waals surface area contributed by atoms with E-state index in [9.17, 15) is 0 Å². The molecule has 0 atom stereocenters. The van der Waals surface area contributed by atoms with E-state index in [2.05, 4.69) is 60.2 Å². The highest BCUT2D eigenvalue weighted by atomic mass is 79.9. The number of nitrogens with zero attached hydrogens (tertiary/aromatic N) is 1. The number of nitrogens with one attached hydrogen (secondary N) is 1. The summed E-state index contributed by atoms with van der Waals surface area (Å²) >= 11 is 3.54. The number of unbranched alkanes of at least 4 members (excludes halogenated alkanes) is 2. The normalized spacial score (nSPS) is 10.6. The molecule has 0 aromatic heterocycles. The third-order valence-corrected chi connectivity index (χ3v) is 3.40. The number of rotatable bonds is 8. The standard InChI is InChI=1S/C16H23BrN2O/c1-12(2)19-11-14-10-15(17)9-13(3)16(14)20-8-6-4-5-7-18/h9-10,12,19H,4-6,8,11H2,1-3H3. The molecule has 0 aliphatic carbocycles. The van der Waals surface area contributed by atoms with Crippen molar-refractivity contribution in [1.82, 2.24) is 5.32 Å². The maximum Gasteiger partial charge on any atom is 0.126 e. The van der Waals surface area contributed by atoms with E-state index in [0.717, 1.165) is 35.2 Å². The van der Waals surface area contributed by atoms with E-state index in [1.54, 1.807) is 0 Å². The number of ether oxygens (including phenoxy) is 1. The fourth-order valence-electron chi connectivity index (χ4n) is 1.93. The van der Waals surface area contributed by atoms with Crippen LogP contribution in [0.15, 0.2) is 16.6 Å². The number of hydrogen-bond donors (Lipinski definition) is 1. The molecule has 0 spiro atoms. The molecule has 0 radical (unpaired) electrons. The number of hydrogen-bond acceptors (Lipinski definition) is 3. The van der Waals surface area contributed by atoms with Crippen molar-refractivity contribution in [3.63, 3.8) is 0 Å². The van der Waals surface area contributed by atoms with Crippen LogP contribution in [0.4, 0.5) is 0 Å². The van der Waals surface area contributed by atoms with Gasteiger partial charge in [-0.15, -0.1) is 0 Å². The van der Waals surface area contributed by atoms with Crippen molar-refractivity contribution in [3.8, 4) is 11.8 Å². The Bertz CT molecular complexity index is 466. The molecule has 1 aromatic carbocycles. The maximum atomic E-state index is 8.52. The van der Waals surface area contributed by atoms with E-state index in [1.165, 1.54) is 5.56 Å².